The second kappa shape index (κ2) is 3.76. The van der Waals surface area contributed by atoms with Crippen LogP contribution in [0.1, 0.15) is 13.8 Å². The number of carbonyl (C=O) groups is 2. The van der Waals surface area contributed by atoms with Gasteiger partial charge in [-0.1, -0.05) is 23.8 Å². The third kappa shape index (κ3) is 1.49. The number of rotatable bonds is 1. The van der Waals surface area contributed by atoms with Crippen molar-refractivity contribution in [1.82, 2.24) is 0 Å². The van der Waals surface area contributed by atoms with Crippen LogP contribution in [0.2, 0.25) is 5.02 Å². The van der Waals surface area contributed by atoms with Crippen molar-refractivity contribution in [2.45, 2.75) is 25.0 Å². The highest BCUT2D eigenvalue weighted by Crippen LogP contribution is 2.57. The van der Waals surface area contributed by atoms with E-state index in [4.69, 9.17) is 16.3 Å². The molecule has 2 saturated heterocycles. The molecule has 5 heteroatoms. The average molecular weight is 304 g/mol. The van der Waals surface area contributed by atoms with Crippen molar-refractivity contribution in [2.75, 3.05) is 4.90 Å². The van der Waals surface area contributed by atoms with Gasteiger partial charge in [-0.05, 0) is 38.1 Å². The summed E-state index contributed by atoms with van der Waals surface area (Å²) < 4.78 is 5.96. The van der Waals surface area contributed by atoms with Crippen LogP contribution in [-0.2, 0) is 14.3 Å². The molecule has 4 nitrogen and oxygen atoms in total. The van der Waals surface area contributed by atoms with Crippen LogP contribution in [0.3, 0.4) is 0 Å². The summed E-state index contributed by atoms with van der Waals surface area (Å²) in [6.45, 7) is 3.74. The molecular formula is C16H14ClNO3. The SMILES string of the molecule is C[C@]12C=C[C@](C)(O1)[C@@H]1C(=O)N(c3ccc(Cl)cc3)C(=O)[C@@H]12. The van der Waals surface area contributed by atoms with E-state index in [0.29, 0.717) is 10.7 Å². The molecule has 0 aromatic heterocycles. The normalized spacial score (nSPS) is 40.2. The van der Waals surface area contributed by atoms with Crippen molar-refractivity contribution in [1.29, 1.82) is 0 Å². The minimum absolute atomic E-state index is 0.192. The van der Waals surface area contributed by atoms with Gasteiger partial charge in [0, 0.05) is 5.02 Å². The lowest BCUT2D eigenvalue weighted by molar-refractivity contribution is -0.128. The Balaban J connectivity index is 1.80. The largest absolute Gasteiger partial charge is 0.359 e. The van der Waals surface area contributed by atoms with Gasteiger partial charge in [-0.2, -0.15) is 0 Å². The monoisotopic (exact) mass is 303 g/mol. The number of imide groups is 1. The Kier molecular flexibility index (Phi) is 2.33. The highest BCUT2D eigenvalue weighted by Gasteiger charge is 2.70. The van der Waals surface area contributed by atoms with Gasteiger partial charge >= 0.3 is 0 Å². The molecule has 0 radical (unpaired) electrons. The topological polar surface area (TPSA) is 46.6 Å². The maximum absolute atomic E-state index is 12.8. The van der Waals surface area contributed by atoms with E-state index >= 15 is 0 Å². The zero-order valence-corrected chi connectivity index (χ0v) is 12.4. The predicted octanol–water partition coefficient (Wildman–Crippen LogP) is 2.56. The standard InChI is InChI=1S/C16H14ClNO3/c1-15-7-8-16(2,21-15)12-11(15)13(19)18(14(12)20)10-5-3-9(17)4-6-10/h3-8,11-12H,1-2H3/t11-,12+,15-,16+. The maximum atomic E-state index is 12.8. The van der Waals surface area contributed by atoms with Crippen LogP contribution in [-0.4, -0.2) is 23.0 Å². The lowest BCUT2D eigenvalue weighted by Crippen LogP contribution is -2.39. The smallest absolute Gasteiger partial charge is 0.241 e. The van der Waals surface area contributed by atoms with Crippen molar-refractivity contribution in [2.24, 2.45) is 11.8 Å². The number of halogens is 1. The lowest BCUT2D eigenvalue weighted by Gasteiger charge is -2.25. The van der Waals surface area contributed by atoms with Crippen molar-refractivity contribution in [3.8, 4) is 0 Å². The number of hydrogen-bond donors (Lipinski definition) is 0. The van der Waals surface area contributed by atoms with E-state index in [9.17, 15) is 9.59 Å². The number of hydrogen-bond acceptors (Lipinski definition) is 3. The van der Waals surface area contributed by atoms with E-state index in [2.05, 4.69) is 0 Å². The van der Waals surface area contributed by atoms with Gasteiger partial charge in [0.15, 0.2) is 0 Å². The van der Waals surface area contributed by atoms with Crippen molar-refractivity contribution >= 4 is 29.1 Å². The minimum Gasteiger partial charge on any atom is -0.359 e. The summed E-state index contributed by atoms with van der Waals surface area (Å²) >= 11 is 5.87. The van der Waals surface area contributed by atoms with E-state index in [1.807, 2.05) is 26.0 Å². The molecule has 4 atom stereocenters. The summed E-state index contributed by atoms with van der Waals surface area (Å²) in [6, 6.07) is 6.75. The average Bonchev–Trinajstić information content (AvgIpc) is 2.97. The first-order chi connectivity index (χ1) is 9.86. The third-order valence-corrected chi connectivity index (χ3v) is 5.06. The summed E-state index contributed by atoms with van der Waals surface area (Å²) in [5.74, 6) is -1.28. The minimum atomic E-state index is -0.687. The van der Waals surface area contributed by atoms with Gasteiger partial charge in [0.25, 0.3) is 0 Å². The van der Waals surface area contributed by atoms with Crippen LogP contribution < -0.4 is 4.90 Å². The van der Waals surface area contributed by atoms with Gasteiger partial charge in [0.2, 0.25) is 11.8 Å². The molecule has 108 valence electrons. The number of fused-ring (bicyclic) bond motifs is 5. The Hall–Kier alpha value is -1.65. The first-order valence-corrected chi connectivity index (χ1v) is 7.27. The molecule has 3 aliphatic rings. The van der Waals surface area contributed by atoms with Gasteiger partial charge in [-0.15, -0.1) is 0 Å². The summed E-state index contributed by atoms with van der Waals surface area (Å²) in [5, 5.41) is 0.571. The molecule has 3 heterocycles. The second-order valence-corrected chi connectivity index (χ2v) is 6.68. The van der Waals surface area contributed by atoms with Gasteiger partial charge < -0.3 is 4.74 Å². The Morgan fingerprint density at radius 3 is 1.95 bits per heavy atom. The molecule has 0 spiro atoms. The highest BCUT2D eigenvalue weighted by atomic mass is 35.5. The molecular weight excluding hydrogens is 290 g/mol. The Morgan fingerprint density at radius 1 is 1.00 bits per heavy atom. The highest BCUT2D eigenvalue weighted by molar-refractivity contribution is 6.31. The van der Waals surface area contributed by atoms with Crippen LogP contribution in [0.15, 0.2) is 36.4 Å². The number of anilines is 1. The van der Waals surface area contributed by atoms with Crippen LogP contribution in [0, 0.1) is 11.8 Å². The molecule has 1 aromatic rings. The fourth-order valence-electron chi connectivity index (χ4n) is 3.88. The van der Waals surface area contributed by atoms with E-state index in [-0.39, 0.29) is 11.8 Å². The zero-order chi connectivity index (χ0) is 15.0. The summed E-state index contributed by atoms with van der Waals surface area (Å²) in [6.07, 6.45) is 3.81. The van der Waals surface area contributed by atoms with E-state index in [1.165, 1.54) is 4.90 Å². The Labute approximate surface area is 127 Å². The van der Waals surface area contributed by atoms with Crippen LogP contribution >= 0.6 is 11.6 Å². The zero-order valence-electron chi connectivity index (χ0n) is 11.7. The predicted molar refractivity (Wildman–Crippen MR) is 78.0 cm³/mol. The van der Waals surface area contributed by atoms with Crippen LogP contribution in [0.5, 0.6) is 0 Å². The fourth-order valence-corrected chi connectivity index (χ4v) is 4.00. The van der Waals surface area contributed by atoms with Crippen LogP contribution in [0.25, 0.3) is 0 Å². The maximum Gasteiger partial charge on any atom is 0.241 e. The number of ether oxygens (including phenoxy) is 1. The van der Waals surface area contributed by atoms with Crippen LogP contribution in [0.4, 0.5) is 5.69 Å². The Bertz CT molecular complexity index is 662. The molecule has 0 saturated carbocycles. The molecule has 0 unspecified atom stereocenters. The van der Waals surface area contributed by atoms with E-state index in [0.717, 1.165) is 0 Å². The fraction of sp³-hybridized carbons (Fsp3) is 0.375. The number of benzene rings is 1. The van der Waals surface area contributed by atoms with Gasteiger partial charge in [-0.3, -0.25) is 9.59 Å². The quantitative estimate of drug-likeness (QED) is 0.592. The molecule has 2 fully saturated rings. The molecule has 4 rings (SSSR count). The molecule has 2 amide bonds. The van der Waals surface area contributed by atoms with E-state index < -0.39 is 23.0 Å². The first kappa shape index (κ1) is 13.0. The number of carbonyl (C=O) groups excluding carboxylic acids is 2. The third-order valence-electron chi connectivity index (χ3n) is 4.81. The molecule has 0 N–H and O–H groups in total. The second-order valence-electron chi connectivity index (χ2n) is 6.25. The summed E-state index contributed by atoms with van der Waals surface area (Å²) in [7, 11) is 0. The van der Waals surface area contributed by atoms with Gasteiger partial charge in [0.05, 0.1) is 28.7 Å². The Morgan fingerprint density at radius 2 is 1.48 bits per heavy atom. The van der Waals surface area contributed by atoms with Crippen molar-refractivity contribution in [3.05, 3.63) is 41.4 Å². The summed E-state index contributed by atoms with van der Waals surface area (Å²) in [5.41, 5.74) is -0.809. The molecule has 3 aliphatic heterocycles. The first-order valence-electron chi connectivity index (χ1n) is 6.90. The number of amides is 2. The van der Waals surface area contributed by atoms with Crippen molar-refractivity contribution in [3.63, 3.8) is 0 Å². The lowest BCUT2D eigenvalue weighted by atomic mass is 9.73. The molecule has 0 aliphatic carbocycles. The molecule has 2 bridgehead atoms. The van der Waals surface area contributed by atoms with E-state index in [1.54, 1.807) is 24.3 Å². The van der Waals surface area contributed by atoms with Gasteiger partial charge in [0.1, 0.15) is 0 Å². The molecule has 1 aromatic carbocycles. The number of nitrogens with zero attached hydrogens (tertiary/aromatic N) is 1. The van der Waals surface area contributed by atoms with Gasteiger partial charge in [-0.25, -0.2) is 4.90 Å². The summed E-state index contributed by atoms with van der Waals surface area (Å²) in [4.78, 5) is 26.8. The molecule has 21 heavy (non-hydrogen) atoms. The van der Waals surface area contributed by atoms with Crippen molar-refractivity contribution < 1.29 is 14.3 Å².